The quantitative estimate of drug-likeness (QED) is 0.350. The standard InChI is InChI=1S/C28H28F3N5O2/c1-35-17-33-25(26(35)28(29,30)31)27(38)34-21-9-6-18(7-10-21)19-12-14-36(15-13-19)24(37)11-8-20-16-32-23-5-3-2-4-22(20)23/h2-7,9-10,16-17,19,32H,8,11-15H2,1H3,(H,34,38). The van der Waals surface area contributed by atoms with Gasteiger partial charge in [0, 0.05) is 49.3 Å². The van der Waals surface area contributed by atoms with Crippen LogP contribution < -0.4 is 5.32 Å². The van der Waals surface area contributed by atoms with Crippen molar-refractivity contribution >= 4 is 28.4 Å². The first-order chi connectivity index (χ1) is 18.2. The topological polar surface area (TPSA) is 83.0 Å². The predicted molar refractivity (Wildman–Crippen MR) is 138 cm³/mol. The Balaban J connectivity index is 1.13. The monoisotopic (exact) mass is 523 g/mol. The van der Waals surface area contributed by atoms with Crippen LogP contribution in [0.3, 0.4) is 0 Å². The van der Waals surface area contributed by atoms with Crippen molar-refractivity contribution in [3.8, 4) is 0 Å². The number of rotatable bonds is 6. The lowest BCUT2D eigenvalue weighted by Crippen LogP contribution is -2.38. The summed E-state index contributed by atoms with van der Waals surface area (Å²) < 4.78 is 40.6. The van der Waals surface area contributed by atoms with E-state index in [-0.39, 0.29) is 11.8 Å². The molecule has 1 fully saturated rings. The second-order valence-electron chi connectivity index (χ2n) is 9.64. The van der Waals surface area contributed by atoms with E-state index in [0.717, 1.165) is 45.8 Å². The van der Waals surface area contributed by atoms with Gasteiger partial charge in [0.25, 0.3) is 5.91 Å². The Kier molecular flexibility index (Phi) is 6.96. The molecule has 38 heavy (non-hydrogen) atoms. The summed E-state index contributed by atoms with van der Waals surface area (Å²) in [5.74, 6) is -0.491. The Labute approximate surface area is 217 Å². The number of aromatic amines is 1. The maximum atomic E-state index is 13.3. The molecular weight excluding hydrogens is 495 g/mol. The molecule has 3 heterocycles. The third-order valence-electron chi connectivity index (χ3n) is 7.19. The van der Waals surface area contributed by atoms with E-state index in [1.54, 1.807) is 12.1 Å². The largest absolute Gasteiger partial charge is 0.433 e. The SMILES string of the molecule is Cn1cnc(C(=O)Nc2ccc(C3CCN(C(=O)CCc4c[nH]c5ccccc45)CC3)cc2)c1C(F)(F)F. The molecule has 198 valence electrons. The first-order valence-electron chi connectivity index (χ1n) is 12.5. The van der Waals surface area contributed by atoms with E-state index < -0.39 is 23.5 Å². The van der Waals surface area contributed by atoms with E-state index in [0.29, 0.717) is 31.6 Å². The van der Waals surface area contributed by atoms with Crippen LogP contribution in [0.15, 0.2) is 61.1 Å². The molecule has 7 nitrogen and oxygen atoms in total. The van der Waals surface area contributed by atoms with E-state index >= 15 is 0 Å². The lowest BCUT2D eigenvalue weighted by atomic mass is 9.89. The van der Waals surface area contributed by atoms with Crippen molar-refractivity contribution < 1.29 is 22.8 Å². The summed E-state index contributed by atoms with van der Waals surface area (Å²) in [6, 6.07) is 15.2. The molecule has 2 amide bonds. The number of hydrogen-bond donors (Lipinski definition) is 2. The molecule has 10 heteroatoms. The molecule has 2 aromatic carbocycles. The number of likely N-dealkylation sites (tertiary alicyclic amines) is 1. The number of nitrogens with one attached hydrogen (secondary N) is 2. The summed E-state index contributed by atoms with van der Waals surface area (Å²) in [6.07, 6.45) is 1.07. The zero-order chi connectivity index (χ0) is 26.9. The van der Waals surface area contributed by atoms with Gasteiger partial charge in [-0.15, -0.1) is 0 Å². The molecule has 0 radical (unpaired) electrons. The highest BCUT2D eigenvalue weighted by Gasteiger charge is 2.39. The number of aryl methyl sites for hydroxylation is 2. The van der Waals surface area contributed by atoms with Gasteiger partial charge in [-0.2, -0.15) is 13.2 Å². The fraction of sp³-hybridized carbons (Fsp3) is 0.321. The number of H-pyrrole nitrogens is 1. The van der Waals surface area contributed by atoms with E-state index in [2.05, 4.69) is 21.4 Å². The summed E-state index contributed by atoms with van der Waals surface area (Å²) >= 11 is 0. The number of aromatic nitrogens is 3. The number of nitrogens with zero attached hydrogens (tertiary/aromatic N) is 3. The van der Waals surface area contributed by atoms with Crippen molar-refractivity contribution in [1.82, 2.24) is 19.4 Å². The van der Waals surface area contributed by atoms with Gasteiger partial charge in [0.05, 0.1) is 6.33 Å². The lowest BCUT2D eigenvalue weighted by Gasteiger charge is -2.32. The van der Waals surface area contributed by atoms with Crippen molar-refractivity contribution in [2.45, 2.75) is 37.8 Å². The molecule has 2 N–H and O–H groups in total. The van der Waals surface area contributed by atoms with E-state index in [4.69, 9.17) is 0 Å². The normalized spacial score (nSPS) is 14.7. The van der Waals surface area contributed by atoms with Crippen molar-refractivity contribution in [2.24, 2.45) is 7.05 Å². The van der Waals surface area contributed by atoms with Gasteiger partial charge in [-0.25, -0.2) is 4.98 Å². The van der Waals surface area contributed by atoms with Gasteiger partial charge in [0.15, 0.2) is 11.4 Å². The smallest absolute Gasteiger partial charge is 0.361 e. The van der Waals surface area contributed by atoms with Gasteiger partial charge < -0.3 is 19.8 Å². The Morgan fingerprint density at radius 3 is 2.50 bits per heavy atom. The molecule has 0 spiro atoms. The number of hydrogen-bond acceptors (Lipinski definition) is 3. The molecule has 1 aliphatic heterocycles. The lowest BCUT2D eigenvalue weighted by molar-refractivity contribution is -0.143. The molecule has 1 aliphatic rings. The number of fused-ring (bicyclic) bond motifs is 1. The van der Waals surface area contributed by atoms with Crippen LogP contribution in [-0.4, -0.2) is 44.3 Å². The summed E-state index contributed by atoms with van der Waals surface area (Å²) in [4.78, 5) is 34.1. The van der Waals surface area contributed by atoms with Gasteiger partial charge in [0.2, 0.25) is 5.91 Å². The minimum Gasteiger partial charge on any atom is -0.361 e. The number of alkyl halides is 3. The number of para-hydroxylation sites is 1. The number of piperidine rings is 1. The summed E-state index contributed by atoms with van der Waals surface area (Å²) in [5, 5.41) is 3.66. The molecule has 0 atom stereocenters. The molecular formula is C28H28F3N5O2. The Morgan fingerprint density at radius 1 is 1.08 bits per heavy atom. The van der Waals surface area contributed by atoms with E-state index in [1.807, 2.05) is 41.4 Å². The van der Waals surface area contributed by atoms with Crippen LogP contribution >= 0.6 is 0 Å². The van der Waals surface area contributed by atoms with Crippen LogP contribution in [0.2, 0.25) is 0 Å². The number of amides is 2. The highest BCUT2D eigenvalue weighted by Crippen LogP contribution is 2.32. The fourth-order valence-electron chi connectivity index (χ4n) is 5.16. The summed E-state index contributed by atoms with van der Waals surface area (Å²) in [5.41, 5.74) is 1.93. The Hall–Kier alpha value is -4.08. The zero-order valence-electron chi connectivity index (χ0n) is 20.9. The van der Waals surface area contributed by atoms with Crippen molar-refractivity contribution in [2.75, 3.05) is 18.4 Å². The number of imidazole rings is 1. The number of benzene rings is 2. The zero-order valence-corrected chi connectivity index (χ0v) is 20.9. The predicted octanol–water partition coefficient (Wildman–Crippen LogP) is 5.51. The van der Waals surface area contributed by atoms with Crippen LogP contribution in [0.25, 0.3) is 10.9 Å². The van der Waals surface area contributed by atoms with Gasteiger partial charge >= 0.3 is 6.18 Å². The first kappa shape index (κ1) is 25.6. The summed E-state index contributed by atoms with van der Waals surface area (Å²) in [7, 11) is 1.20. The molecule has 1 saturated heterocycles. The maximum Gasteiger partial charge on any atom is 0.433 e. The molecule has 4 aromatic rings. The average Bonchev–Trinajstić information content (AvgIpc) is 3.51. The van der Waals surface area contributed by atoms with Crippen molar-refractivity contribution in [3.63, 3.8) is 0 Å². The van der Waals surface area contributed by atoms with Crippen LogP contribution in [0.5, 0.6) is 0 Å². The number of carbonyl (C=O) groups excluding carboxylic acids is 2. The minimum atomic E-state index is -4.69. The number of halogens is 3. The van der Waals surface area contributed by atoms with Gasteiger partial charge in [0.1, 0.15) is 0 Å². The molecule has 0 bridgehead atoms. The molecule has 0 saturated carbocycles. The van der Waals surface area contributed by atoms with Crippen LogP contribution in [0.1, 0.15) is 52.5 Å². The Bertz CT molecular complexity index is 1450. The second kappa shape index (κ2) is 10.4. The van der Waals surface area contributed by atoms with Crippen LogP contribution in [-0.2, 0) is 24.4 Å². The van der Waals surface area contributed by atoms with Gasteiger partial charge in [-0.1, -0.05) is 30.3 Å². The third-order valence-corrected chi connectivity index (χ3v) is 7.19. The van der Waals surface area contributed by atoms with Crippen molar-refractivity contribution in [3.05, 3.63) is 83.6 Å². The maximum absolute atomic E-state index is 13.3. The van der Waals surface area contributed by atoms with Gasteiger partial charge in [-0.05, 0) is 54.5 Å². The molecule has 2 aromatic heterocycles. The fourth-order valence-corrected chi connectivity index (χ4v) is 5.16. The van der Waals surface area contributed by atoms with Crippen LogP contribution in [0, 0.1) is 0 Å². The average molecular weight is 524 g/mol. The number of anilines is 1. The molecule has 5 rings (SSSR count). The van der Waals surface area contributed by atoms with Crippen LogP contribution in [0.4, 0.5) is 18.9 Å². The third kappa shape index (κ3) is 5.29. The van der Waals surface area contributed by atoms with Crippen molar-refractivity contribution in [1.29, 1.82) is 0 Å². The van der Waals surface area contributed by atoms with Gasteiger partial charge in [-0.3, -0.25) is 9.59 Å². The highest BCUT2D eigenvalue weighted by molar-refractivity contribution is 6.03. The molecule has 0 unspecified atom stereocenters. The summed E-state index contributed by atoms with van der Waals surface area (Å²) in [6.45, 7) is 1.35. The minimum absolute atomic E-state index is 0.152. The first-order valence-corrected chi connectivity index (χ1v) is 12.5. The van der Waals surface area contributed by atoms with E-state index in [1.165, 1.54) is 7.05 Å². The van der Waals surface area contributed by atoms with E-state index in [9.17, 15) is 22.8 Å². The highest BCUT2D eigenvalue weighted by atomic mass is 19.4. The second-order valence-corrected chi connectivity index (χ2v) is 9.64. The molecule has 0 aliphatic carbocycles. The Morgan fingerprint density at radius 2 is 1.79 bits per heavy atom. The number of carbonyl (C=O) groups is 2.